The van der Waals surface area contributed by atoms with Gasteiger partial charge in [-0.3, -0.25) is 13.9 Å². The van der Waals surface area contributed by atoms with E-state index in [0.29, 0.717) is 0 Å². The molecule has 1 fully saturated rings. The number of carbonyl (C=O) groups excluding carboxylic acids is 1. The standard InChI is InChI=1S/C8H17NO15P2S/c1-3(11)9-5-6(12)7(23-27(18,19)20)4(2-10)21-8(5)22-26(16,17)24-25(13,14)15/h4-8,10,12H,2H2,1H3,(H,9,11)(H,16,17)(H2,13,14,15)(H,18,19,20)/t4-,5-,6-,7+,8?/m1/s1. The number of rotatable bonds is 8. The Morgan fingerprint density at radius 3 is 2.22 bits per heavy atom. The van der Waals surface area contributed by atoms with E-state index in [4.69, 9.17) is 19.1 Å². The van der Waals surface area contributed by atoms with Gasteiger partial charge in [-0.05, 0) is 0 Å². The molecule has 0 bridgehead atoms. The van der Waals surface area contributed by atoms with Crippen LogP contribution in [0, 0.1) is 0 Å². The van der Waals surface area contributed by atoms with E-state index in [0.717, 1.165) is 6.92 Å². The first kappa shape index (κ1) is 24.5. The zero-order chi connectivity index (χ0) is 21.2. The predicted molar refractivity (Wildman–Crippen MR) is 79.8 cm³/mol. The molecule has 27 heavy (non-hydrogen) atoms. The van der Waals surface area contributed by atoms with Crippen molar-refractivity contribution in [1.29, 1.82) is 0 Å². The molecule has 0 radical (unpaired) electrons. The van der Waals surface area contributed by atoms with E-state index >= 15 is 0 Å². The Bertz CT molecular complexity index is 734. The van der Waals surface area contributed by atoms with Gasteiger partial charge < -0.3 is 34.9 Å². The van der Waals surface area contributed by atoms with Crippen LogP contribution in [0.3, 0.4) is 0 Å². The van der Waals surface area contributed by atoms with Crippen LogP contribution in [-0.2, 0) is 42.1 Å². The number of amides is 1. The average Bonchev–Trinajstić information content (AvgIpc) is 2.41. The molecule has 0 aromatic rings. The average molecular weight is 461 g/mol. The second-order valence-electron chi connectivity index (χ2n) is 5.08. The molecule has 1 heterocycles. The highest BCUT2D eigenvalue weighted by Crippen LogP contribution is 2.58. The molecule has 1 aliphatic heterocycles. The maximum absolute atomic E-state index is 11.7. The second kappa shape index (κ2) is 8.87. The molecule has 0 aromatic carbocycles. The van der Waals surface area contributed by atoms with Gasteiger partial charge in [-0.25, -0.2) is 13.3 Å². The largest absolute Gasteiger partial charge is 0.483 e. The van der Waals surface area contributed by atoms with Crippen molar-refractivity contribution in [3.63, 3.8) is 0 Å². The van der Waals surface area contributed by atoms with Gasteiger partial charge in [-0.15, -0.1) is 0 Å². The molecule has 0 aromatic heterocycles. The minimum absolute atomic E-state index is 0.881. The van der Waals surface area contributed by atoms with Crippen molar-refractivity contribution < 1.29 is 69.5 Å². The third-order valence-corrected chi connectivity index (χ3v) is 5.52. The van der Waals surface area contributed by atoms with Crippen LogP contribution in [0.1, 0.15) is 6.92 Å². The number of hydrogen-bond acceptors (Lipinski definition) is 11. The minimum atomic E-state index is -5.53. The zero-order valence-electron chi connectivity index (χ0n) is 13.3. The molecule has 16 nitrogen and oxygen atoms in total. The minimum Gasteiger partial charge on any atom is -0.394 e. The number of hydrogen-bond donors (Lipinski definition) is 7. The van der Waals surface area contributed by atoms with Gasteiger partial charge >= 0.3 is 26.0 Å². The van der Waals surface area contributed by atoms with Gasteiger partial charge in [0.15, 0.2) is 6.29 Å². The summed E-state index contributed by atoms with van der Waals surface area (Å²) in [4.78, 5) is 37.8. The Kier molecular flexibility index (Phi) is 8.06. The highest BCUT2D eigenvalue weighted by Gasteiger charge is 2.51. The van der Waals surface area contributed by atoms with E-state index in [1.54, 1.807) is 0 Å². The fraction of sp³-hybridized carbons (Fsp3) is 0.875. The molecule has 7 N–H and O–H groups in total. The lowest BCUT2D eigenvalue weighted by Gasteiger charge is -2.43. The van der Waals surface area contributed by atoms with Crippen molar-refractivity contribution in [3.05, 3.63) is 0 Å². The van der Waals surface area contributed by atoms with Crippen LogP contribution in [0.15, 0.2) is 0 Å². The van der Waals surface area contributed by atoms with Gasteiger partial charge in [0, 0.05) is 6.92 Å². The molecule has 160 valence electrons. The molecule has 1 amide bonds. The second-order valence-corrected chi connectivity index (χ2v) is 8.91. The van der Waals surface area contributed by atoms with Crippen LogP contribution in [0.4, 0.5) is 0 Å². The molecule has 1 rings (SSSR count). The first-order valence-electron chi connectivity index (χ1n) is 6.70. The van der Waals surface area contributed by atoms with Crippen molar-refractivity contribution in [2.45, 2.75) is 37.6 Å². The summed E-state index contributed by atoms with van der Waals surface area (Å²) in [5.74, 6) is -0.881. The van der Waals surface area contributed by atoms with Gasteiger partial charge in [0.1, 0.15) is 24.4 Å². The summed E-state index contributed by atoms with van der Waals surface area (Å²) in [5.41, 5.74) is 0. The summed E-state index contributed by atoms with van der Waals surface area (Å²) in [6, 6.07) is -1.85. The molecule has 0 aliphatic carbocycles. The lowest BCUT2D eigenvalue weighted by molar-refractivity contribution is -0.242. The van der Waals surface area contributed by atoms with E-state index in [1.165, 1.54) is 0 Å². The summed E-state index contributed by atoms with van der Waals surface area (Å²) in [6.07, 6.45) is -8.05. The summed E-state index contributed by atoms with van der Waals surface area (Å²) < 4.78 is 69.8. The summed E-state index contributed by atoms with van der Waals surface area (Å²) in [7, 11) is -16.2. The van der Waals surface area contributed by atoms with E-state index in [9.17, 15) is 37.4 Å². The molecule has 1 aliphatic rings. The highest BCUT2D eigenvalue weighted by atomic mass is 32.3. The van der Waals surface area contributed by atoms with Crippen LogP contribution >= 0.6 is 15.6 Å². The third-order valence-electron chi connectivity index (χ3n) is 2.90. The number of nitrogens with one attached hydrogen (secondary N) is 1. The van der Waals surface area contributed by atoms with Crippen molar-refractivity contribution >= 4 is 32.0 Å². The van der Waals surface area contributed by atoms with Gasteiger partial charge in [0.2, 0.25) is 5.91 Å². The fourth-order valence-electron chi connectivity index (χ4n) is 2.09. The monoisotopic (exact) mass is 461 g/mol. The number of aliphatic hydroxyl groups excluding tert-OH is 2. The predicted octanol–water partition coefficient (Wildman–Crippen LogP) is -3.02. The molecular formula is C8H17NO15P2S. The van der Waals surface area contributed by atoms with Crippen molar-refractivity contribution in [1.82, 2.24) is 5.32 Å². The third kappa shape index (κ3) is 8.16. The van der Waals surface area contributed by atoms with Crippen molar-refractivity contribution in [2.75, 3.05) is 6.61 Å². The van der Waals surface area contributed by atoms with Gasteiger partial charge in [0.05, 0.1) is 6.61 Å². The van der Waals surface area contributed by atoms with Crippen LogP contribution < -0.4 is 5.32 Å². The van der Waals surface area contributed by atoms with Crippen LogP contribution in [-0.4, -0.2) is 81.0 Å². The summed E-state index contributed by atoms with van der Waals surface area (Å²) >= 11 is 0. The lowest BCUT2D eigenvalue weighted by atomic mass is 9.97. The van der Waals surface area contributed by atoms with Crippen LogP contribution in [0.2, 0.25) is 0 Å². The van der Waals surface area contributed by atoms with E-state index in [2.05, 4.69) is 13.0 Å². The molecule has 19 heteroatoms. The molecule has 1 saturated heterocycles. The highest BCUT2D eigenvalue weighted by molar-refractivity contribution is 7.80. The van der Waals surface area contributed by atoms with Crippen LogP contribution in [0.5, 0.6) is 0 Å². The van der Waals surface area contributed by atoms with E-state index in [1.807, 2.05) is 5.32 Å². The van der Waals surface area contributed by atoms with E-state index < -0.39 is 69.2 Å². The van der Waals surface area contributed by atoms with Gasteiger partial charge in [0.25, 0.3) is 0 Å². The Hall–Kier alpha value is -0.520. The SMILES string of the molecule is CC(=O)N[C@H]1C(OP(=O)(O)OP(=O)(O)O)O[C@H](CO)[C@H](OS(=O)(=O)O)[C@@H]1O. The van der Waals surface area contributed by atoms with Crippen molar-refractivity contribution in [2.24, 2.45) is 0 Å². The Morgan fingerprint density at radius 1 is 1.26 bits per heavy atom. The fourth-order valence-corrected chi connectivity index (χ4v) is 4.28. The number of ether oxygens (including phenoxy) is 1. The Morgan fingerprint density at radius 2 is 1.81 bits per heavy atom. The van der Waals surface area contributed by atoms with Crippen LogP contribution in [0.25, 0.3) is 0 Å². The molecule has 0 spiro atoms. The molecule has 6 atom stereocenters. The molecule has 2 unspecified atom stereocenters. The molecular weight excluding hydrogens is 444 g/mol. The topological polar surface area (TPSA) is 256 Å². The smallest absolute Gasteiger partial charge is 0.394 e. The van der Waals surface area contributed by atoms with Gasteiger partial charge in [-0.2, -0.15) is 12.7 Å². The number of carbonyl (C=O) groups is 1. The Balaban J connectivity index is 3.17. The number of phosphoric ester groups is 1. The normalized spacial score (nSPS) is 31.9. The maximum Gasteiger partial charge on any atom is 0.483 e. The first-order valence-corrected chi connectivity index (χ1v) is 11.1. The van der Waals surface area contributed by atoms with E-state index in [-0.39, 0.29) is 0 Å². The number of aliphatic hydroxyl groups is 2. The van der Waals surface area contributed by atoms with Gasteiger partial charge in [-0.1, -0.05) is 0 Å². The number of phosphoric acid groups is 2. The Labute approximate surface area is 151 Å². The summed E-state index contributed by atoms with van der Waals surface area (Å²) in [6.45, 7) is -0.149. The first-order chi connectivity index (χ1) is 12.0. The maximum atomic E-state index is 11.7. The zero-order valence-corrected chi connectivity index (χ0v) is 15.9. The molecule has 0 saturated carbocycles. The lowest BCUT2D eigenvalue weighted by Crippen LogP contribution is -2.65. The summed E-state index contributed by atoms with van der Waals surface area (Å²) in [5, 5.41) is 21.4. The quantitative estimate of drug-likeness (QED) is 0.140. The van der Waals surface area contributed by atoms with Crippen molar-refractivity contribution in [3.8, 4) is 0 Å².